The fourth-order valence-electron chi connectivity index (χ4n) is 1.70. The van der Waals surface area contributed by atoms with E-state index in [4.69, 9.17) is 0 Å². The van der Waals surface area contributed by atoms with Crippen LogP contribution in [0.5, 0.6) is 0 Å². The largest absolute Gasteiger partial charge is 0.350 e. The Hall–Kier alpha value is -1.14. The van der Waals surface area contributed by atoms with Gasteiger partial charge in [0.2, 0.25) is 0 Å². The summed E-state index contributed by atoms with van der Waals surface area (Å²) in [6.45, 7) is 2.63. The van der Waals surface area contributed by atoms with Crippen molar-refractivity contribution in [3.05, 3.63) is 52.0 Å². The highest BCUT2D eigenvalue weighted by atomic mass is 35.5. The molecule has 0 bridgehead atoms. The molecule has 0 radical (unpaired) electrons. The second kappa shape index (κ2) is 10.6. The van der Waals surface area contributed by atoms with E-state index in [1.165, 1.54) is 16.9 Å². The van der Waals surface area contributed by atoms with Crippen LogP contribution in [0, 0.1) is 0 Å². The van der Waals surface area contributed by atoms with Crippen molar-refractivity contribution in [3.8, 4) is 0 Å². The molecule has 2 rings (SSSR count). The van der Waals surface area contributed by atoms with Gasteiger partial charge in [-0.05, 0) is 19.5 Å². The van der Waals surface area contributed by atoms with Crippen LogP contribution in [0.15, 0.2) is 36.5 Å². The Bertz CT molecular complexity index is 563. The highest BCUT2D eigenvalue weighted by molar-refractivity contribution is 7.13. The molecule has 0 fully saturated rings. The van der Waals surface area contributed by atoms with Gasteiger partial charge in [0.15, 0.2) is 0 Å². The molecule has 1 aromatic carbocycles. The lowest BCUT2D eigenvalue weighted by atomic mass is 10.2. The number of benzene rings is 1. The number of carbonyl (C=O) groups is 1. The molecule has 0 saturated heterocycles. The van der Waals surface area contributed by atoms with E-state index in [0.29, 0.717) is 11.4 Å². The zero-order valence-electron chi connectivity index (χ0n) is 12.5. The molecule has 1 heterocycles. The van der Waals surface area contributed by atoms with Gasteiger partial charge in [0.25, 0.3) is 5.91 Å². The number of amides is 1. The standard InChI is InChI=1S/C15H19N3OS.2ClH/c1-11(16-2)9-18-15(19)13-10-17-14(20-13)8-12-6-4-3-5-7-12;;/h3-7,10-11,16H,8-9H2,1-2H3,(H,18,19);2*1H. The molecule has 1 aromatic heterocycles. The lowest BCUT2D eigenvalue weighted by Gasteiger charge is -2.10. The molecule has 0 aliphatic rings. The smallest absolute Gasteiger partial charge is 0.263 e. The minimum absolute atomic E-state index is 0. The SMILES string of the molecule is CNC(C)CNC(=O)c1cnc(Cc2ccccc2)s1.Cl.Cl. The first-order valence-corrected chi connectivity index (χ1v) is 7.44. The van der Waals surface area contributed by atoms with Crippen LogP contribution >= 0.6 is 36.2 Å². The zero-order chi connectivity index (χ0) is 14.4. The molecule has 2 aromatic rings. The lowest BCUT2D eigenvalue weighted by molar-refractivity contribution is 0.0954. The number of likely N-dealkylation sites (N-methyl/N-ethyl adjacent to an activating group) is 1. The quantitative estimate of drug-likeness (QED) is 0.831. The summed E-state index contributed by atoms with van der Waals surface area (Å²) in [6, 6.07) is 10.4. The third kappa shape index (κ3) is 6.32. The summed E-state index contributed by atoms with van der Waals surface area (Å²) in [7, 11) is 1.88. The third-order valence-electron chi connectivity index (χ3n) is 3.04. The molecule has 1 atom stereocenters. The van der Waals surface area contributed by atoms with Crippen LogP contribution in [-0.2, 0) is 6.42 Å². The van der Waals surface area contributed by atoms with Crippen molar-refractivity contribution in [2.75, 3.05) is 13.6 Å². The predicted molar refractivity (Wildman–Crippen MR) is 96.7 cm³/mol. The van der Waals surface area contributed by atoms with Gasteiger partial charge in [-0.15, -0.1) is 36.2 Å². The second-order valence-corrected chi connectivity index (χ2v) is 5.80. The predicted octanol–water partition coefficient (Wildman–Crippen LogP) is 2.92. The summed E-state index contributed by atoms with van der Waals surface area (Å²) in [5, 5.41) is 6.94. The van der Waals surface area contributed by atoms with Gasteiger partial charge in [0.05, 0.1) is 11.2 Å². The molecule has 0 aliphatic heterocycles. The number of hydrogen-bond acceptors (Lipinski definition) is 4. The Morgan fingerprint density at radius 2 is 1.95 bits per heavy atom. The Morgan fingerprint density at radius 1 is 1.27 bits per heavy atom. The first-order chi connectivity index (χ1) is 9.69. The highest BCUT2D eigenvalue weighted by Gasteiger charge is 2.11. The summed E-state index contributed by atoms with van der Waals surface area (Å²) in [5.74, 6) is -0.0519. The number of hydrogen-bond donors (Lipinski definition) is 2. The summed E-state index contributed by atoms with van der Waals surface area (Å²) < 4.78 is 0. The second-order valence-electron chi connectivity index (χ2n) is 4.68. The Morgan fingerprint density at radius 3 is 2.59 bits per heavy atom. The van der Waals surface area contributed by atoms with Crippen molar-refractivity contribution in [1.82, 2.24) is 15.6 Å². The van der Waals surface area contributed by atoms with Gasteiger partial charge in [0, 0.05) is 19.0 Å². The fraction of sp³-hybridized carbons (Fsp3) is 0.333. The number of rotatable bonds is 6. The molecule has 1 amide bonds. The van der Waals surface area contributed by atoms with Crippen LogP contribution in [0.4, 0.5) is 0 Å². The number of nitrogens with one attached hydrogen (secondary N) is 2. The number of aromatic nitrogens is 1. The summed E-state index contributed by atoms with van der Waals surface area (Å²) >= 11 is 1.45. The maximum absolute atomic E-state index is 12.0. The molecule has 0 spiro atoms. The number of nitrogens with zero attached hydrogens (tertiary/aromatic N) is 1. The van der Waals surface area contributed by atoms with Crippen molar-refractivity contribution >= 4 is 42.1 Å². The molecule has 0 saturated carbocycles. The van der Waals surface area contributed by atoms with E-state index >= 15 is 0 Å². The summed E-state index contributed by atoms with van der Waals surface area (Å²) in [5.41, 5.74) is 1.21. The highest BCUT2D eigenvalue weighted by Crippen LogP contribution is 2.16. The average Bonchev–Trinajstić information content (AvgIpc) is 2.94. The molecule has 7 heteroatoms. The van der Waals surface area contributed by atoms with E-state index in [-0.39, 0.29) is 36.8 Å². The van der Waals surface area contributed by atoms with Crippen LogP contribution in [-0.4, -0.2) is 30.5 Å². The van der Waals surface area contributed by atoms with Crippen LogP contribution < -0.4 is 10.6 Å². The number of thiazole rings is 1. The minimum atomic E-state index is -0.0519. The van der Waals surface area contributed by atoms with Crippen molar-refractivity contribution in [3.63, 3.8) is 0 Å². The van der Waals surface area contributed by atoms with E-state index < -0.39 is 0 Å². The molecule has 1 unspecified atom stereocenters. The third-order valence-corrected chi connectivity index (χ3v) is 4.03. The molecular formula is C15H21Cl2N3OS. The minimum Gasteiger partial charge on any atom is -0.350 e. The Kier molecular flexibility index (Phi) is 10.0. The first kappa shape index (κ1) is 20.9. The van der Waals surface area contributed by atoms with E-state index in [1.807, 2.05) is 32.2 Å². The van der Waals surface area contributed by atoms with Crippen LogP contribution in [0.2, 0.25) is 0 Å². The maximum atomic E-state index is 12.0. The summed E-state index contributed by atoms with van der Waals surface area (Å²) in [4.78, 5) is 17.0. The van der Waals surface area contributed by atoms with Crippen molar-refractivity contribution in [2.45, 2.75) is 19.4 Å². The maximum Gasteiger partial charge on any atom is 0.263 e. The van der Waals surface area contributed by atoms with E-state index in [2.05, 4.69) is 27.8 Å². The average molecular weight is 362 g/mol. The molecule has 0 aliphatic carbocycles. The van der Waals surface area contributed by atoms with Crippen LogP contribution in [0.1, 0.15) is 27.2 Å². The first-order valence-electron chi connectivity index (χ1n) is 6.63. The van der Waals surface area contributed by atoms with E-state index in [1.54, 1.807) is 6.20 Å². The topological polar surface area (TPSA) is 54.0 Å². The monoisotopic (exact) mass is 361 g/mol. The number of carbonyl (C=O) groups excluding carboxylic acids is 1. The number of halogens is 2. The van der Waals surface area contributed by atoms with Gasteiger partial charge in [-0.1, -0.05) is 30.3 Å². The van der Waals surface area contributed by atoms with Crippen molar-refractivity contribution < 1.29 is 4.79 Å². The lowest BCUT2D eigenvalue weighted by Crippen LogP contribution is -2.36. The van der Waals surface area contributed by atoms with Gasteiger partial charge < -0.3 is 10.6 Å². The summed E-state index contributed by atoms with van der Waals surface area (Å²) in [6.07, 6.45) is 2.42. The molecular weight excluding hydrogens is 341 g/mol. The van der Waals surface area contributed by atoms with Crippen molar-refractivity contribution in [1.29, 1.82) is 0 Å². The zero-order valence-corrected chi connectivity index (χ0v) is 15.0. The van der Waals surface area contributed by atoms with Gasteiger partial charge in [-0.3, -0.25) is 4.79 Å². The molecule has 22 heavy (non-hydrogen) atoms. The van der Waals surface area contributed by atoms with Crippen LogP contribution in [0.25, 0.3) is 0 Å². The van der Waals surface area contributed by atoms with Gasteiger partial charge in [-0.2, -0.15) is 0 Å². The Balaban J connectivity index is 0.00000220. The molecule has 4 nitrogen and oxygen atoms in total. The van der Waals surface area contributed by atoms with Gasteiger partial charge >= 0.3 is 0 Å². The van der Waals surface area contributed by atoms with Crippen molar-refractivity contribution in [2.24, 2.45) is 0 Å². The van der Waals surface area contributed by atoms with Gasteiger partial charge in [0.1, 0.15) is 4.88 Å². The van der Waals surface area contributed by atoms with E-state index in [0.717, 1.165) is 11.4 Å². The van der Waals surface area contributed by atoms with Crippen LogP contribution in [0.3, 0.4) is 0 Å². The Labute approximate surface area is 147 Å². The van der Waals surface area contributed by atoms with Gasteiger partial charge in [-0.25, -0.2) is 4.98 Å². The molecule has 122 valence electrons. The fourth-order valence-corrected chi connectivity index (χ4v) is 2.57. The van der Waals surface area contributed by atoms with E-state index in [9.17, 15) is 4.79 Å². The molecule has 2 N–H and O–H groups in total. The normalized spacial score (nSPS) is 11.0.